The number of H-pyrrole nitrogens is 1. The minimum absolute atomic E-state index is 0.0871. The largest absolute Gasteiger partial charge is 0.309 e. The third kappa shape index (κ3) is 5.08. The van der Waals surface area contributed by atoms with E-state index < -0.39 is 10.1 Å². The maximum Gasteiger partial charge on any atom is 0.264 e. The molecule has 3 rings (SSSR count). The number of aromatic amines is 1. The van der Waals surface area contributed by atoms with Crippen LogP contribution in [-0.2, 0) is 20.1 Å². The van der Waals surface area contributed by atoms with Crippen LogP contribution < -0.4 is 5.56 Å². The molecule has 6 nitrogen and oxygen atoms in total. The predicted molar refractivity (Wildman–Crippen MR) is 105 cm³/mol. The summed E-state index contributed by atoms with van der Waals surface area (Å²) in [4.78, 5) is 19.7. The average molecular weight is 397 g/mol. The fourth-order valence-corrected chi connectivity index (χ4v) is 4.88. The van der Waals surface area contributed by atoms with Crippen LogP contribution in [0, 0.1) is 12.8 Å². The van der Waals surface area contributed by atoms with Crippen molar-refractivity contribution in [3.63, 3.8) is 0 Å². The lowest BCUT2D eigenvalue weighted by atomic mass is 9.90. The lowest BCUT2D eigenvalue weighted by molar-refractivity contribution is 0.217. The highest BCUT2D eigenvalue weighted by Crippen LogP contribution is 2.33. The normalized spacial score (nSPS) is 21.2. The van der Waals surface area contributed by atoms with E-state index in [1.54, 1.807) is 6.07 Å². The van der Waals surface area contributed by atoms with Crippen LogP contribution in [0.25, 0.3) is 10.9 Å². The first kappa shape index (κ1) is 19.4. The first-order valence-corrected chi connectivity index (χ1v) is 11.6. The molecule has 1 aliphatic rings. The molecular formula is C18H24N2O4S2. The van der Waals surface area contributed by atoms with Crippen molar-refractivity contribution in [2.75, 3.05) is 12.9 Å². The number of nitrogens with zero attached hydrogens (tertiary/aromatic N) is 1. The molecule has 0 amide bonds. The Morgan fingerprint density at radius 2 is 2.00 bits per heavy atom. The Balaban J connectivity index is 1.55. The quantitative estimate of drug-likeness (QED) is 0.755. The van der Waals surface area contributed by atoms with Crippen LogP contribution in [0.4, 0.5) is 0 Å². The fourth-order valence-electron chi connectivity index (χ4n) is 3.30. The Hall–Kier alpha value is -1.38. The van der Waals surface area contributed by atoms with E-state index in [4.69, 9.17) is 4.18 Å². The van der Waals surface area contributed by atoms with Gasteiger partial charge >= 0.3 is 0 Å². The number of rotatable bonds is 6. The molecule has 1 N–H and O–H groups in total. The van der Waals surface area contributed by atoms with Gasteiger partial charge in [0, 0.05) is 5.25 Å². The van der Waals surface area contributed by atoms with E-state index >= 15 is 0 Å². The van der Waals surface area contributed by atoms with Gasteiger partial charge in [0.05, 0.1) is 29.5 Å². The molecule has 0 radical (unpaired) electrons. The van der Waals surface area contributed by atoms with Gasteiger partial charge in [-0.15, -0.1) is 0 Å². The minimum Gasteiger partial charge on any atom is -0.309 e. The summed E-state index contributed by atoms with van der Waals surface area (Å²) in [6.07, 6.45) is 5.08. The van der Waals surface area contributed by atoms with Gasteiger partial charge in [0.1, 0.15) is 5.82 Å². The second-order valence-electron chi connectivity index (χ2n) is 6.93. The maximum atomic E-state index is 12.2. The number of benzene rings is 1. The number of aromatic nitrogens is 2. The van der Waals surface area contributed by atoms with Gasteiger partial charge in [-0.05, 0) is 50.2 Å². The van der Waals surface area contributed by atoms with Gasteiger partial charge in [0.25, 0.3) is 15.7 Å². The van der Waals surface area contributed by atoms with E-state index in [0.717, 1.165) is 43.0 Å². The van der Waals surface area contributed by atoms with Crippen LogP contribution in [0.5, 0.6) is 0 Å². The van der Waals surface area contributed by atoms with Crippen molar-refractivity contribution in [1.29, 1.82) is 0 Å². The zero-order valence-electron chi connectivity index (χ0n) is 15.0. The maximum absolute atomic E-state index is 12.2. The molecule has 1 fully saturated rings. The number of fused-ring (bicyclic) bond motifs is 1. The van der Waals surface area contributed by atoms with E-state index in [1.807, 2.05) is 30.8 Å². The van der Waals surface area contributed by atoms with Gasteiger partial charge in [0.15, 0.2) is 0 Å². The van der Waals surface area contributed by atoms with Crippen molar-refractivity contribution in [3.05, 3.63) is 39.9 Å². The first-order valence-electron chi connectivity index (χ1n) is 8.76. The summed E-state index contributed by atoms with van der Waals surface area (Å²) in [5.74, 6) is 1.70. The van der Waals surface area contributed by atoms with Crippen molar-refractivity contribution in [1.82, 2.24) is 9.97 Å². The number of aryl methyl sites for hydroxylation is 1. The van der Waals surface area contributed by atoms with Gasteiger partial charge in [-0.3, -0.25) is 8.98 Å². The summed E-state index contributed by atoms with van der Waals surface area (Å²) >= 11 is 1.81. The summed E-state index contributed by atoms with van der Waals surface area (Å²) in [6, 6.07) is 5.63. The van der Waals surface area contributed by atoms with Crippen molar-refractivity contribution in [2.24, 2.45) is 5.92 Å². The molecule has 0 atom stereocenters. The van der Waals surface area contributed by atoms with Crippen LogP contribution >= 0.6 is 11.8 Å². The highest BCUT2D eigenvalue weighted by Gasteiger charge is 2.23. The van der Waals surface area contributed by atoms with E-state index in [1.165, 1.54) is 0 Å². The Morgan fingerprint density at radius 3 is 2.69 bits per heavy atom. The van der Waals surface area contributed by atoms with E-state index in [9.17, 15) is 13.2 Å². The van der Waals surface area contributed by atoms with Crippen LogP contribution in [0.2, 0.25) is 0 Å². The first-order chi connectivity index (χ1) is 12.3. The summed E-state index contributed by atoms with van der Waals surface area (Å²) in [5.41, 5.74) is 1.69. The Morgan fingerprint density at radius 1 is 1.27 bits per heavy atom. The van der Waals surface area contributed by atoms with Gasteiger partial charge in [-0.1, -0.05) is 12.1 Å². The van der Waals surface area contributed by atoms with Crippen molar-refractivity contribution < 1.29 is 12.6 Å². The van der Waals surface area contributed by atoms with Gasteiger partial charge in [-0.2, -0.15) is 20.2 Å². The summed E-state index contributed by atoms with van der Waals surface area (Å²) in [7, 11) is -3.36. The molecule has 1 saturated carbocycles. The second-order valence-corrected chi connectivity index (χ2v) is 9.86. The van der Waals surface area contributed by atoms with Crippen LogP contribution in [0.3, 0.4) is 0 Å². The molecule has 1 aromatic heterocycles. The summed E-state index contributed by atoms with van der Waals surface area (Å²) in [5, 5.41) is 1.13. The van der Waals surface area contributed by atoms with Crippen molar-refractivity contribution in [2.45, 2.75) is 43.6 Å². The lowest BCUT2D eigenvalue weighted by Crippen LogP contribution is -2.22. The SMILES string of the molecule is Cc1cccc2c(=O)[nH]c(CSC3CCC(COS(C)(=O)=O)CC3)nc12. The van der Waals surface area contributed by atoms with E-state index in [0.29, 0.717) is 28.1 Å². The van der Waals surface area contributed by atoms with E-state index in [-0.39, 0.29) is 12.2 Å². The topological polar surface area (TPSA) is 89.1 Å². The molecule has 0 saturated heterocycles. The highest BCUT2D eigenvalue weighted by molar-refractivity contribution is 7.99. The third-order valence-corrected chi connectivity index (χ3v) is 6.70. The minimum atomic E-state index is -3.36. The number of hydrogen-bond acceptors (Lipinski definition) is 6. The van der Waals surface area contributed by atoms with Crippen LogP contribution in [0.15, 0.2) is 23.0 Å². The smallest absolute Gasteiger partial charge is 0.264 e. The molecule has 26 heavy (non-hydrogen) atoms. The summed E-state index contributed by atoms with van der Waals surface area (Å²) in [6.45, 7) is 2.25. The molecule has 0 unspecified atom stereocenters. The fraction of sp³-hybridized carbons (Fsp3) is 0.556. The second kappa shape index (κ2) is 8.10. The number of thioether (sulfide) groups is 1. The van der Waals surface area contributed by atoms with Gasteiger partial charge in [0.2, 0.25) is 0 Å². The van der Waals surface area contributed by atoms with Gasteiger partial charge in [-0.25, -0.2) is 4.98 Å². The Bertz CT molecular complexity index is 932. The molecule has 8 heteroatoms. The zero-order valence-corrected chi connectivity index (χ0v) is 16.7. The van der Waals surface area contributed by atoms with E-state index in [2.05, 4.69) is 9.97 Å². The van der Waals surface area contributed by atoms with Gasteiger partial charge < -0.3 is 4.98 Å². The molecular weight excluding hydrogens is 372 g/mol. The number of hydrogen-bond donors (Lipinski definition) is 1. The average Bonchev–Trinajstić information content (AvgIpc) is 2.59. The molecule has 0 aliphatic heterocycles. The monoisotopic (exact) mass is 396 g/mol. The summed E-state index contributed by atoms with van der Waals surface area (Å²) < 4.78 is 27.1. The molecule has 0 spiro atoms. The third-order valence-electron chi connectivity index (χ3n) is 4.75. The van der Waals surface area contributed by atoms with Crippen molar-refractivity contribution in [3.8, 4) is 0 Å². The lowest BCUT2D eigenvalue weighted by Gasteiger charge is -2.27. The molecule has 1 aliphatic carbocycles. The molecule has 0 bridgehead atoms. The Kier molecular flexibility index (Phi) is 6.04. The van der Waals surface area contributed by atoms with Crippen LogP contribution in [0.1, 0.15) is 37.1 Å². The Labute approximate surface area is 157 Å². The number of para-hydroxylation sites is 1. The number of nitrogens with one attached hydrogen (secondary N) is 1. The zero-order chi connectivity index (χ0) is 18.7. The molecule has 2 aromatic rings. The highest BCUT2D eigenvalue weighted by atomic mass is 32.2. The molecule has 1 aromatic carbocycles. The standard InChI is InChI=1S/C18H24N2O4S2/c1-12-4-3-5-15-17(12)19-16(20-18(15)21)11-25-14-8-6-13(7-9-14)10-24-26(2,22)23/h3-5,13-14H,6-11H2,1-2H3,(H,19,20,21). The van der Waals surface area contributed by atoms with Crippen LogP contribution in [-0.4, -0.2) is 36.5 Å². The van der Waals surface area contributed by atoms with Crippen molar-refractivity contribution >= 4 is 32.8 Å². The predicted octanol–water partition coefficient (Wildman–Crippen LogP) is 3.00. The molecule has 142 valence electrons. The molecule has 1 heterocycles.